The fraction of sp³-hybridized carbons (Fsp3) is 0.846. The third-order valence-corrected chi connectivity index (χ3v) is 5.15. The number of aromatic nitrogens is 2. The lowest BCUT2D eigenvalue weighted by Gasteiger charge is -2.44. The number of ether oxygens (including phenoxy) is 1. The molecule has 1 N–H and O–H groups in total. The van der Waals surface area contributed by atoms with Gasteiger partial charge in [0.1, 0.15) is 0 Å². The molecule has 100 valence electrons. The van der Waals surface area contributed by atoms with Crippen LogP contribution in [0.15, 0.2) is 6.20 Å². The fourth-order valence-electron chi connectivity index (χ4n) is 3.42. The van der Waals surface area contributed by atoms with E-state index in [-0.39, 0.29) is 5.60 Å². The number of hydrogen-bond acceptors (Lipinski definition) is 5. The number of hydrogen-bond donors (Lipinski definition) is 1. The lowest BCUT2D eigenvalue weighted by atomic mass is 9.74. The van der Waals surface area contributed by atoms with Crippen molar-refractivity contribution in [2.45, 2.75) is 56.7 Å². The molecule has 2 heterocycles. The Morgan fingerprint density at radius 2 is 2.22 bits per heavy atom. The van der Waals surface area contributed by atoms with E-state index in [9.17, 15) is 5.11 Å². The largest absolute Gasteiger partial charge is 0.387 e. The highest BCUT2D eigenvalue weighted by Gasteiger charge is 2.41. The van der Waals surface area contributed by atoms with E-state index in [1.165, 1.54) is 30.8 Å². The summed E-state index contributed by atoms with van der Waals surface area (Å²) in [7, 11) is 0. The summed E-state index contributed by atoms with van der Waals surface area (Å²) >= 11 is 1.31. The maximum absolute atomic E-state index is 10.4. The van der Waals surface area contributed by atoms with Gasteiger partial charge in [-0.3, -0.25) is 0 Å². The summed E-state index contributed by atoms with van der Waals surface area (Å²) in [6.45, 7) is 0.786. The monoisotopic (exact) mass is 268 g/mol. The van der Waals surface area contributed by atoms with Gasteiger partial charge in [-0.05, 0) is 43.1 Å². The molecule has 1 saturated heterocycles. The van der Waals surface area contributed by atoms with E-state index in [0.717, 1.165) is 37.2 Å². The molecule has 1 saturated carbocycles. The highest BCUT2D eigenvalue weighted by Crippen LogP contribution is 2.44. The van der Waals surface area contributed by atoms with Gasteiger partial charge in [0.05, 0.1) is 22.8 Å². The van der Waals surface area contributed by atoms with Crippen LogP contribution in [0.2, 0.25) is 0 Å². The van der Waals surface area contributed by atoms with Crippen molar-refractivity contribution in [1.29, 1.82) is 0 Å². The molecule has 1 aliphatic heterocycles. The molecule has 0 amide bonds. The Morgan fingerprint density at radius 1 is 1.39 bits per heavy atom. The van der Waals surface area contributed by atoms with Gasteiger partial charge in [0, 0.05) is 6.61 Å². The van der Waals surface area contributed by atoms with Crippen molar-refractivity contribution in [2.75, 3.05) is 6.61 Å². The minimum absolute atomic E-state index is 0.0558. The standard InChI is InChI=1S/C13H20N2O2S/c16-12(11-9-14-15-18-11)10-4-7-17-13(8-10)5-2-1-3-6-13/h9-10,12,16H,1-8H2. The molecule has 2 atom stereocenters. The molecular weight excluding hydrogens is 248 g/mol. The molecule has 1 aromatic rings. The highest BCUT2D eigenvalue weighted by molar-refractivity contribution is 7.05. The van der Waals surface area contributed by atoms with Gasteiger partial charge in [-0.25, -0.2) is 0 Å². The summed E-state index contributed by atoms with van der Waals surface area (Å²) in [6, 6.07) is 0. The van der Waals surface area contributed by atoms with Crippen molar-refractivity contribution < 1.29 is 9.84 Å². The van der Waals surface area contributed by atoms with Crippen molar-refractivity contribution in [2.24, 2.45) is 5.92 Å². The molecule has 4 nitrogen and oxygen atoms in total. The van der Waals surface area contributed by atoms with Crippen LogP contribution in [0.25, 0.3) is 0 Å². The molecule has 2 fully saturated rings. The molecule has 0 bridgehead atoms. The Hall–Kier alpha value is -0.520. The molecule has 3 rings (SSSR count). The van der Waals surface area contributed by atoms with E-state index < -0.39 is 6.10 Å². The SMILES string of the molecule is OC(c1cnns1)C1CCOC2(CCCCC2)C1. The van der Waals surface area contributed by atoms with Crippen molar-refractivity contribution in [3.05, 3.63) is 11.1 Å². The second-order valence-corrected chi connectivity index (χ2v) is 6.43. The molecule has 18 heavy (non-hydrogen) atoms. The topological polar surface area (TPSA) is 55.2 Å². The Balaban J connectivity index is 1.70. The summed E-state index contributed by atoms with van der Waals surface area (Å²) in [5.41, 5.74) is 0.0558. The van der Waals surface area contributed by atoms with Crippen molar-refractivity contribution in [1.82, 2.24) is 9.59 Å². The van der Waals surface area contributed by atoms with Crippen molar-refractivity contribution in [3.63, 3.8) is 0 Å². The quantitative estimate of drug-likeness (QED) is 0.896. The average Bonchev–Trinajstić information content (AvgIpc) is 2.93. The molecule has 1 aromatic heterocycles. The van der Waals surface area contributed by atoms with Crippen LogP contribution in [0, 0.1) is 5.92 Å². The Bertz CT molecular complexity index is 371. The van der Waals surface area contributed by atoms with Crippen LogP contribution in [-0.4, -0.2) is 26.9 Å². The van der Waals surface area contributed by atoms with Gasteiger partial charge in [-0.15, -0.1) is 5.10 Å². The van der Waals surface area contributed by atoms with Gasteiger partial charge < -0.3 is 9.84 Å². The fourth-order valence-corrected chi connectivity index (χ4v) is 4.00. The molecule has 1 aliphatic carbocycles. The number of nitrogens with zero attached hydrogens (tertiary/aromatic N) is 2. The summed E-state index contributed by atoms with van der Waals surface area (Å²) in [5, 5.41) is 14.2. The molecule has 2 aliphatic rings. The van der Waals surface area contributed by atoms with Gasteiger partial charge >= 0.3 is 0 Å². The lowest BCUT2D eigenvalue weighted by molar-refractivity contribution is -0.133. The van der Waals surface area contributed by atoms with Crippen molar-refractivity contribution in [3.8, 4) is 0 Å². The lowest BCUT2D eigenvalue weighted by Crippen LogP contribution is -2.42. The van der Waals surface area contributed by atoms with Gasteiger partial charge in [0.25, 0.3) is 0 Å². The van der Waals surface area contributed by atoms with E-state index in [2.05, 4.69) is 9.59 Å². The molecule has 5 heteroatoms. The molecule has 2 unspecified atom stereocenters. The van der Waals surface area contributed by atoms with Gasteiger partial charge in [-0.2, -0.15) is 0 Å². The Kier molecular flexibility index (Phi) is 3.63. The first-order valence-electron chi connectivity index (χ1n) is 6.88. The molecular formula is C13H20N2O2S. The predicted molar refractivity (Wildman–Crippen MR) is 69.4 cm³/mol. The summed E-state index contributed by atoms with van der Waals surface area (Å²) < 4.78 is 9.91. The van der Waals surface area contributed by atoms with E-state index >= 15 is 0 Å². The summed E-state index contributed by atoms with van der Waals surface area (Å²) in [5.74, 6) is 0.305. The Labute approximate surface area is 112 Å². The Morgan fingerprint density at radius 3 is 2.94 bits per heavy atom. The van der Waals surface area contributed by atoms with Crippen LogP contribution >= 0.6 is 11.5 Å². The first kappa shape index (κ1) is 12.5. The third kappa shape index (κ3) is 2.44. The molecule has 0 radical (unpaired) electrons. The average molecular weight is 268 g/mol. The first-order chi connectivity index (χ1) is 8.79. The smallest absolute Gasteiger partial charge is 0.0944 e. The highest BCUT2D eigenvalue weighted by atomic mass is 32.1. The molecule has 1 spiro atoms. The van der Waals surface area contributed by atoms with Gasteiger partial charge in [-0.1, -0.05) is 23.8 Å². The van der Waals surface area contributed by atoms with E-state index in [4.69, 9.17) is 4.74 Å². The van der Waals surface area contributed by atoms with Crippen LogP contribution in [-0.2, 0) is 4.74 Å². The zero-order valence-corrected chi connectivity index (χ0v) is 11.4. The second-order valence-electron chi connectivity index (χ2n) is 5.61. The minimum atomic E-state index is -0.410. The first-order valence-corrected chi connectivity index (χ1v) is 7.66. The second kappa shape index (κ2) is 5.23. The third-order valence-electron chi connectivity index (χ3n) is 4.41. The van der Waals surface area contributed by atoms with E-state index in [1.54, 1.807) is 6.20 Å². The minimum Gasteiger partial charge on any atom is -0.387 e. The number of rotatable bonds is 2. The van der Waals surface area contributed by atoms with Crippen molar-refractivity contribution >= 4 is 11.5 Å². The van der Waals surface area contributed by atoms with Crippen LogP contribution in [0.5, 0.6) is 0 Å². The maximum Gasteiger partial charge on any atom is 0.0944 e. The van der Waals surface area contributed by atoms with Crippen LogP contribution < -0.4 is 0 Å². The number of aliphatic hydroxyl groups excluding tert-OH is 1. The van der Waals surface area contributed by atoms with E-state index in [0.29, 0.717) is 5.92 Å². The van der Waals surface area contributed by atoms with Crippen LogP contribution in [0.4, 0.5) is 0 Å². The normalized spacial score (nSPS) is 29.3. The number of aliphatic hydroxyl groups is 1. The maximum atomic E-state index is 10.4. The van der Waals surface area contributed by atoms with Crippen LogP contribution in [0.1, 0.15) is 55.9 Å². The van der Waals surface area contributed by atoms with Crippen LogP contribution in [0.3, 0.4) is 0 Å². The summed E-state index contributed by atoms with van der Waals surface area (Å²) in [6.07, 6.45) is 9.42. The molecule has 0 aromatic carbocycles. The van der Waals surface area contributed by atoms with E-state index in [1.807, 2.05) is 0 Å². The zero-order valence-electron chi connectivity index (χ0n) is 10.5. The van der Waals surface area contributed by atoms with Gasteiger partial charge in [0.2, 0.25) is 0 Å². The van der Waals surface area contributed by atoms with Gasteiger partial charge in [0.15, 0.2) is 0 Å². The predicted octanol–water partition coefficient (Wildman–Crippen LogP) is 2.70. The summed E-state index contributed by atoms with van der Waals surface area (Å²) in [4.78, 5) is 0.896. The zero-order chi connectivity index (χ0) is 12.4.